The molecule has 0 bridgehead atoms. The maximum Gasteiger partial charge on any atom is 0.220 e. The Morgan fingerprint density at radius 1 is 1.00 bits per heavy atom. The lowest BCUT2D eigenvalue weighted by molar-refractivity contribution is -0.123. The number of nitrogens with one attached hydrogen (secondary N) is 1. The highest BCUT2D eigenvalue weighted by Crippen LogP contribution is 2.19. The second kappa shape index (κ2) is 6.53. The van der Waals surface area contributed by atoms with Crippen LogP contribution in [0.25, 0.3) is 0 Å². The molecule has 0 aliphatic carbocycles. The number of carbonyl (C=O) groups excluding carboxylic acids is 1. The van der Waals surface area contributed by atoms with Crippen LogP contribution in [0.3, 0.4) is 0 Å². The molecule has 104 valence electrons. The first-order valence-electron chi connectivity index (χ1n) is 7.30. The minimum atomic E-state index is 0.277. The topological polar surface area (TPSA) is 35.6 Å². The first-order valence-corrected chi connectivity index (χ1v) is 7.30. The van der Waals surface area contributed by atoms with Crippen LogP contribution in [0.5, 0.6) is 0 Å². The average Bonchev–Trinajstić information content (AvgIpc) is 2.35. The van der Waals surface area contributed by atoms with Crippen molar-refractivity contribution in [3.63, 3.8) is 0 Å². The molecule has 4 heteroatoms. The fourth-order valence-electron chi connectivity index (χ4n) is 2.97. The lowest BCUT2D eigenvalue weighted by Gasteiger charge is -2.31. The van der Waals surface area contributed by atoms with Crippen molar-refractivity contribution in [1.82, 2.24) is 15.1 Å². The van der Waals surface area contributed by atoms with Gasteiger partial charge in [0, 0.05) is 12.5 Å². The molecule has 2 aliphatic rings. The van der Waals surface area contributed by atoms with E-state index >= 15 is 0 Å². The summed E-state index contributed by atoms with van der Waals surface area (Å²) in [6.07, 6.45) is 5.31. The lowest BCUT2D eigenvalue weighted by atomic mass is 9.93. The maximum absolute atomic E-state index is 12.0. The van der Waals surface area contributed by atoms with E-state index in [0.717, 1.165) is 45.4 Å². The highest BCUT2D eigenvalue weighted by molar-refractivity contribution is 5.76. The molecule has 2 saturated heterocycles. The SMILES string of the molecule is CN1CCC(CC(=O)NC2CCN(C)CC2)CC1. The molecule has 0 saturated carbocycles. The van der Waals surface area contributed by atoms with Gasteiger partial charge in [0.05, 0.1) is 0 Å². The van der Waals surface area contributed by atoms with Gasteiger partial charge in [-0.15, -0.1) is 0 Å². The van der Waals surface area contributed by atoms with E-state index in [-0.39, 0.29) is 5.91 Å². The first kappa shape index (κ1) is 13.8. The summed E-state index contributed by atoms with van der Waals surface area (Å²) in [4.78, 5) is 16.7. The summed E-state index contributed by atoms with van der Waals surface area (Å²) in [5, 5.41) is 3.22. The highest BCUT2D eigenvalue weighted by atomic mass is 16.1. The third-order valence-electron chi connectivity index (χ3n) is 4.40. The molecule has 1 N–H and O–H groups in total. The molecule has 0 aromatic carbocycles. The number of piperidine rings is 2. The van der Waals surface area contributed by atoms with E-state index in [9.17, 15) is 4.79 Å². The van der Waals surface area contributed by atoms with E-state index < -0.39 is 0 Å². The van der Waals surface area contributed by atoms with E-state index in [1.165, 1.54) is 12.8 Å². The van der Waals surface area contributed by atoms with E-state index in [1.54, 1.807) is 0 Å². The van der Waals surface area contributed by atoms with E-state index in [1.807, 2.05) is 0 Å². The zero-order valence-corrected chi connectivity index (χ0v) is 11.8. The van der Waals surface area contributed by atoms with Gasteiger partial charge in [-0.2, -0.15) is 0 Å². The van der Waals surface area contributed by atoms with Gasteiger partial charge < -0.3 is 15.1 Å². The van der Waals surface area contributed by atoms with Gasteiger partial charge in [-0.3, -0.25) is 4.79 Å². The lowest BCUT2D eigenvalue weighted by Crippen LogP contribution is -2.44. The Bertz CT molecular complexity index is 240. The monoisotopic (exact) mass is 253 g/mol. The molecule has 2 heterocycles. The van der Waals surface area contributed by atoms with Crippen molar-refractivity contribution in [2.24, 2.45) is 5.92 Å². The molecule has 4 nitrogen and oxygen atoms in total. The van der Waals surface area contributed by atoms with Gasteiger partial charge >= 0.3 is 0 Å². The normalized spacial score (nSPS) is 25.2. The summed E-state index contributed by atoms with van der Waals surface area (Å²) >= 11 is 0. The Morgan fingerprint density at radius 3 is 2.06 bits per heavy atom. The molecule has 0 aromatic heterocycles. The largest absolute Gasteiger partial charge is 0.353 e. The van der Waals surface area contributed by atoms with Crippen LogP contribution in [-0.2, 0) is 4.79 Å². The van der Waals surface area contributed by atoms with Gasteiger partial charge in [0.2, 0.25) is 5.91 Å². The number of hydrogen-bond acceptors (Lipinski definition) is 3. The Hall–Kier alpha value is -0.610. The number of amides is 1. The molecular formula is C14H27N3O. The number of hydrogen-bond donors (Lipinski definition) is 1. The van der Waals surface area contributed by atoms with Crippen LogP contribution in [0.4, 0.5) is 0 Å². The van der Waals surface area contributed by atoms with Gasteiger partial charge in [0.1, 0.15) is 0 Å². The second-order valence-electron chi connectivity index (χ2n) is 6.10. The molecule has 0 unspecified atom stereocenters. The van der Waals surface area contributed by atoms with Crippen LogP contribution < -0.4 is 5.32 Å². The van der Waals surface area contributed by atoms with Crippen LogP contribution in [0, 0.1) is 5.92 Å². The number of nitrogens with zero attached hydrogens (tertiary/aromatic N) is 2. The average molecular weight is 253 g/mol. The van der Waals surface area contributed by atoms with Gasteiger partial charge in [0.15, 0.2) is 0 Å². The third kappa shape index (κ3) is 4.25. The van der Waals surface area contributed by atoms with Crippen LogP contribution >= 0.6 is 0 Å². The molecule has 0 atom stereocenters. The predicted molar refractivity (Wildman–Crippen MR) is 73.5 cm³/mol. The van der Waals surface area contributed by atoms with Crippen molar-refractivity contribution in [3.8, 4) is 0 Å². The molecule has 18 heavy (non-hydrogen) atoms. The number of carbonyl (C=O) groups is 1. The van der Waals surface area contributed by atoms with Crippen molar-refractivity contribution < 1.29 is 4.79 Å². The van der Waals surface area contributed by atoms with E-state index in [4.69, 9.17) is 0 Å². The zero-order valence-electron chi connectivity index (χ0n) is 11.8. The smallest absolute Gasteiger partial charge is 0.220 e. The molecule has 0 spiro atoms. The second-order valence-corrected chi connectivity index (χ2v) is 6.10. The quantitative estimate of drug-likeness (QED) is 0.813. The summed E-state index contributed by atoms with van der Waals surface area (Å²) < 4.78 is 0. The molecule has 1 amide bonds. The summed E-state index contributed by atoms with van der Waals surface area (Å²) in [6, 6.07) is 0.417. The van der Waals surface area contributed by atoms with Crippen molar-refractivity contribution in [2.45, 2.75) is 38.1 Å². The number of likely N-dealkylation sites (tertiary alicyclic amines) is 2. The van der Waals surface area contributed by atoms with E-state index in [0.29, 0.717) is 12.0 Å². The molecule has 2 rings (SSSR count). The van der Waals surface area contributed by atoms with Gasteiger partial charge in [0.25, 0.3) is 0 Å². The Labute approximate surface area is 111 Å². The Balaban J connectivity index is 1.66. The van der Waals surface area contributed by atoms with Gasteiger partial charge in [-0.1, -0.05) is 0 Å². The highest BCUT2D eigenvalue weighted by Gasteiger charge is 2.22. The standard InChI is InChI=1S/C14H27N3O/c1-16-7-3-12(4-8-16)11-14(18)15-13-5-9-17(2)10-6-13/h12-13H,3-11H2,1-2H3,(H,15,18). The van der Waals surface area contributed by atoms with Crippen molar-refractivity contribution in [1.29, 1.82) is 0 Å². The minimum Gasteiger partial charge on any atom is -0.353 e. The molecule has 2 fully saturated rings. The summed E-state index contributed by atoms with van der Waals surface area (Å²) in [7, 11) is 4.31. The van der Waals surface area contributed by atoms with E-state index in [2.05, 4.69) is 29.2 Å². The number of rotatable bonds is 3. The molecule has 0 aromatic rings. The van der Waals surface area contributed by atoms with Crippen molar-refractivity contribution in [2.75, 3.05) is 40.3 Å². The van der Waals surface area contributed by atoms with Crippen molar-refractivity contribution in [3.05, 3.63) is 0 Å². The molecule has 2 aliphatic heterocycles. The fraction of sp³-hybridized carbons (Fsp3) is 0.929. The van der Waals surface area contributed by atoms with Crippen molar-refractivity contribution >= 4 is 5.91 Å². The van der Waals surface area contributed by atoms with Gasteiger partial charge in [-0.25, -0.2) is 0 Å². The zero-order chi connectivity index (χ0) is 13.0. The van der Waals surface area contributed by atoms with Gasteiger partial charge in [-0.05, 0) is 71.9 Å². The third-order valence-corrected chi connectivity index (χ3v) is 4.40. The fourth-order valence-corrected chi connectivity index (χ4v) is 2.97. The predicted octanol–water partition coefficient (Wildman–Crippen LogP) is 0.929. The molecule has 0 radical (unpaired) electrons. The summed E-state index contributed by atoms with van der Waals surface area (Å²) in [5.41, 5.74) is 0. The maximum atomic E-state index is 12.0. The Kier molecular flexibility index (Phi) is 5.01. The minimum absolute atomic E-state index is 0.277. The summed E-state index contributed by atoms with van der Waals surface area (Å²) in [6.45, 7) is 4.51. The van der Waals surface area contributed by atoms with Crippen LogP contribution in [0.15, 0.2) is 0 Å². The first-order chi connectivity index (χ1) is 8.63. The molecular weight excluding hydrogens is 226 g/mol. The Morgan fingerprint density at radius 2 is 1.50 bits per heavy atom. The van der Waals surface area contributed by atoms with Crippen LogP contribution in [0.2, 0.25) is 0 Å². The summed E-state index contributed by atoms with van der Waals surface area (Å²) in [5.74, 6) is 0.881. The van der Waals surface area contributed by atoms with Crippen LogP contribution in [0.1, 0.15) is 32.1 Å². The van der Waals surface area contributed by atoms with Crippen LogP contribution in [-0.4, -0.2) is 62.0 Å².